The highest BCUT2D eigenvalue weighted by atomic mass is 32.2. The molecular formula is C20H33NO3S. The summed E-state index contributed by atoms with van der Waals surface area (Å²) in [6, 6.07) is -0.817. The van der Waals surface area contributed by atoms with E-state index in [2.05, 4.69) is 51.2 Å². The SMILES string of the molecule is CC(=O)N[C@H](CSCC=C(C)CCC=C(C)CCC=C(C)C)C(=O)O. The summed E-state index contributed by atoms with van der Waals surface area (Å²) in [5.41, 5.74) is 4.11. The van der Waals surface area contributed by atoms with E-state index in [9.17, 15) is 9.59 Å². The minimum Gasteiger partial charge on any atom is -0.480 e. The molecule has 142 valence electrons. The summed E-state index contributed by atoms with van der Waals surface area (Å²) < 4.78 is 0. The molecule has 0 spiro atoms. The van der Waals surface area contributed by atoms with Crippen LogP contribution >= 0.6 is 11.8 Å². The van der Waals surface area contributed by atoms with Gasteiger partial charge in [-0.2, -0.15) is 11.8 Å². The average molecular weight is 368 g/mol. The predicted octanol–water partition coefficient (Wildman–Crippen LogP) is 4.73. The average Bonchev–Trinajstić information content (AvgIpc) is 2.49. The molecule has 0 aliphatic carbocycles. The summed E-state index contributed by atoms with van der Waals surface area (Å²) in [5, 5.41) is 11.5. The second-order valence-electron chi connectivity index (χ2n) is 6.59. The van der Waals surface area contributed by atoms with Crippen molar-refractivity contribution in [1.82, 2.24) is 5.32 Å². The summed E-state index contributed by atoms with van der Waals surface area (Å²) in [6.07, 6.45) is 11.0. The summed E-state index contributed by atoms with van der Waals surface area (Å²) in [6.45, 7) is 9.87. The van der Waals surface area contributed by atoms with Crippen molar-refractivity contribution >= 4 is 23.6 Å². The zero-order valence-corrected chi connectivity index (χ0v) is 17.0. The summed E-state index contributed by atoms with van der Waals surface area (Å²) >= 11 is 1.52. The molecule has 0 saturated carbocycles. The molecule has 0 aliphatic rings. The number of hydrogen-bond donors (Lipinski definition) is 2. The smallest absolute Gasteiger partial charge is 0.327 e. The Morgan fingerprint density at radius 2 is 1.52 bits per heavy atom. The molecule has 0 rings (SSSR count). The van der Waals surface area contributed by atoms with Crippen molar-refractivity contribution in [2.45, 2.75) is 66.3 Å². The zero-order valence-electron chi connectivity index (χ0n) is 16.2. The number of thioether (sulfide) groups is 1. The quantitative estimate of drug-likeness (QED) is 0.387. The van der Waals surface area contributed by atoms with E-state index in [0.29, 0.717) is 5.75 Å². The lowest BCUT2D eigenvalue weighted by Gasteiger charge is -2.12. The highest BCUT2D eigenvalue weighted by Crippen LogP contribution is 2.13. The van der Waals surface area contributed by atoms with Crippen LogP contribution in [0.15, 0.2) is 34.9 Å². The van der Waals surface area contributed by atoms with Gasteiger partial charge in [-0.1, -0.05) is 34.9 Å². The number of carboxylic acids is 1. The van der Waals surface area contributed by atoms with E-state index in [-0.39, 0.29) is 5.91 Å². The molecule has 0 saturated heterocycles. The van der Waals surface area contributed by atoms with Crippen molar-refractivity contribution in [3.8, 4) is 0 Å². The first-order chi connectivity index (χ1) is 11.7. The fraction of sp³-hybridized carbons (Fsp3) is 0.600. The minimum atomic E-state index is -0.989. The van der Waals surface area contributed by atoms with E-state index in [1.807, 2.05) is 0 Å². The molecule has 0 aromatic heterocycles. The summed E-state index contributed by atoms with van der Waals surface area (Å²) in [5.74, 6) is -0.163. The molecule has 0 unspecified atom stereocenters. The van der Waals surface area contributed by atoms with Gasteiger partial charge in [0.15, 0.2) is 0 Å². The van der Waals surface area contributed by atoms with E-state index < -0.39 is 12.0 Å². The zero-order chi connectivity index (χ0) is 19.2. The Hall–Kier alpha value is -1.49. The summed E-state index contributed by atoms with van der Waals surface area (Å²) in [7, 11) is 0. The number of nitrogens with one attached hydrogen (secondary N) is 1. The fourth-order valence-corrected chi connectivity index (χ4v) is 3.15. The van der Waals surface area contributed by atoms with Crippen LogP contribution in [0, 0.1) is 0 Å². The van der Waals surface area contributed by atoms with Crippen molar-refractivity contribution < 1.29 is 14.7 Å². The van der Waals surface area contributed by atoms with Crippen LogP contribution in [0.5, 0.6) is 0 Å². The Labute approximate surface area is 156 Å². The van der Waals surface area contributed by atoms with Crippen LogP contribution in [0.2, 0.25) is 0 Å². The third-order valence-corrected chi connectivity index (χ3v) is 4.60. The van der Waals surface area contributed by atoms with Crippen LogP contribution in [0.25, 0.3) is 0 Å². The second kappa shape index (κ2) is 13.8. The Morgan fingerprint density at radius 3 is 2.04 bits per heavy atom. The molecule has 1 amide bonds. The molecule has 0 radical (unpaired) electrons. The van der Waals surface area contributed by atoms with Crippen LogP contribution in [-0.4, -0.2) is 34.5 Å². The molecule has 0 heterocycles. The molecule has 0 bridgehead atoms. The maximum absolute atomic E-state index is 11.0. The van der Waals surface area contributed by atoms with Crippen molar-refractivity contribution in [3.05, 3.63) is 34.9 Å². The van der Waals surface area contributed by atoms with Crippen LogP contribution in [0.4, 0.5) is 0 Å². The number of aliphatic carboxylic acids is 1. The maximum Gasteiger partial charge on any atom is 0.327 e. The monoisotopic (exact) mass is 367 g/mol. The standard InChI is InChI=1S/C20H33NO3S/c1-15(2)8-6-9-16(3)10-7-11-17(4)12-13-25-14-19(20(23)24)21-18(5)22/h8,10,12,19H,6-7,9,11,13-14H2,1-5H3,(H,21,22)(H,23,24)/t19-/m1/s1. The predicted molar refractivity (Wildman–Crippen MR) is 108 cm³/mol. The lowest BCUT2D eigenvalue weighted by Crippen LogP contribution is -2.41. The van der Waals surface area contributed by atoms with Gasteiger partial charge in [0.2, 0.25) is 5.91 Å². The third-order valence-electron chi connectivity index (χ3n) is 3.63. The van der Waals surface area contributed by atoms with Gasteiger partial charge in [0.05, 0.1) is 0 Å². The molecule has 0 aromatic carbocycles. The molecular weight excluding hydrogens is 334 g/mol. The van der Waals surface area contributed by atoms with E-state index in [0.717, 1.165) is 31.4 Å². The number of carboxylic acid groups (broad SMARTS) is 1. The maximum atomic E-state index is 11.0. The van der Waals surface area contributed by atoms with Gasteiger partial charge in [-0.05, 0) is 53.4 Å². The first-order valence-electron chi connectivity index (χ1n) is 8.74. The van der Waals surface area contributed by atoms with Gasteiger partial charge in [-0.25, -0.2) is 4.79 Å². The third kappa shape index (κ3) is 14.6. The topological polar surface area (TPSA) is 66.4 Å². The Morgan fingerprint density at radius 1 is 0.960 bits per heavy atom. The Bertz CT molecular complexity index is 517. The van der Waals surface area contributed by atoms with Gasteiger partial charge in [-0.15, -0.1) is 0 Å². The molecule has 4 nitrogen and oxygen atoms in total. The molecule has 0 fully saturated rings. The van der Waals surface area contributed by atoms with Crippen molar-refractivity contribution in [2.75, 3.05) is 11.5 Å². The normalized spacial score (nSPS) is 13.3. The van der Waals surface area contributed by atoms with Gasteiger partial charge < -0.3 is 10.4 Å². The Kier molecular flexibility index (Phi) is 12.9. The molecule has 1 atom stereocenters. The largest absolute Gasteiger partial charge is 0.480 e. The number of carbonyl (C=O) groups is 2. The van der Waals surface area contributed by atoms with Crippen molar-refractivity contribution in [1.29, 1.82) is 0 Å². The van der Waals surface area contributed by atoms with Gasteiger partial charge in [0.1, 0.15) is 6.04 Å². The number of allylic oxidation sites excluding steroid dienone is 5. The second-order valence-corrected chi connectivity index (χ2v) is 7.66. The highest BCUT2D eigenvalue weighted by Gasteiger charge is 2.17. The van der Waals surface area contributed by atoms with Crippen LogP contribution in [0.1, 0.15) is 60.3 Å². The van der Waals surface area contributed by atoms with Gasteiger partial charge in [-0.3, -0.25) is 4.79 Å². The number of hydrogen-bond acceptors (Lipinski definition) is 3. The van der Waals surface area contributed by atoms with Gasteiger partial charge >= 0.3 is 5.97 Å². The van der Waals surface area contributed by atoms with Gasteiger partial charge in [0, 0.05) is 18.4 Å². The first kappa shape index (κ1) is 23.5. The highest BCUT2D eigenvalue weighted by molar-refractivity contribution is 7.99. The lowest BCUT2D eigenvalue weighted by molar-refractivity contribution is -0.140. The molecule has 2 N–H and O–H groups in total. The van der Waals surface area contributed by atoms with Crippen molar-refractivity contribution in [3.63, 3.8) is 0 Å². The van der Waals surface area contributed by atoms with Crippen LogP contribution in [0.3, 0.4) is 0 Å². The van der Waals surface area contributed by atoms with E-state index >= 15 is 0 Å². The number of carbonyl (C=O) groups excluding carboxylic acids is 1. The van der Waals surface area contributed by atoms with E-state index in [1.54, 1.807) is 0 Å². The Balaban J connectivity index is 4.07. The minimum absolute atomic E-state index is 0.313. The van der Waals surface area contributed by atoms with Crippen LogP contribution in [-0.2, 0) is 9.59 Å². The molecule has 0 aromatic rings. The molecule has 25 heavy (non-hydrogen) atoms. The van der Waals surface area contributed by atoms with Gasteiger partial charge in [0.25, 0.3) is 0 Å². The number of amides is 1. The van der Waals surface area contributed by atoms with Crippen LogP contribution < -0.4 is 5.32 Å². The van der Waals surface area contributed by atoms with E-state index in [1.165, 1.54) is 35.4 Å². The first-order valence-corrected chi connectivity index (χ1v) is 9.90. The van der Waals surface area contributed by atoms with Crippen molar-refractivity contribution in [2.24, 2.45) is 0 Å². The van der Waals surface area contributed by atoms with E-state index in [4.69, 9.17) is 5.11 Å². The number of rotatable bonds is 12. The molecule has 5 heteroatoms. The lowest BCUT2D eigenvalue weighted by atomic mass is 10.1. The summed E-state index contributed by atoms with van der Waals surface area (Å²) in [4.78, 5) is 22.0. The molecule has 0 aliphatic heterocycles. The fourth-order valence-electron chi connectivity index (χ4n) is 2.15.